The van der Waals surface area contributed by atoms with E-state index in [9.17, 15) is 9.59 Å². The zero-order valence-corrected chi connectivity index (χ0v) is 14.4. The van der Waals surface area contributed by atoms with Crippen molar-refractivity contribution in [1.82, 2.24) is 14.7 Å². The molecular weight excluding hydrogens is 290 g/mol. The molecule has 1 aromatic rings. The first kappa shape index (κ1) is 16.0. The molecule has 2 saturated heterocycles. The van der Waals surface area contributed by atoms with Crippen LogP contribution in [-0.4, -0.2) is 65.3 Å². The maximum Gasteiger partial charge on any atom is 0.247 e. The van der Waals surface area contributed by atoms with Gasteiger partial charge in [0.25, 0.3) is 0 Å². The number of hydrogen-bond acceptors (Lipinski definition) is 3. The Labute approximate surface area is 137 Å². The summed E-state index contributed by atoms with van der Waals surface area (Å²) in [6.07, 6.45) is 0. The molecule has 5 nitrogen and oxygen atoms in total. The van der Waals surface area contributed by atoms with Gasteiger partial charge < -0.3 is 9.80 Å². The van der Waals surface area contributed by atoms with E-state index >= 15 is 0 Å². The molecule has 2 amide bonds. The van der Waals surface area contributed by atoms with Crippen LogP contribution in [0.5, 0.6) is 0 Å². The van der Waals surface area contributed by atoms with Crippen LogP contribution in [0.2, 0.25) is 0 Å². The van der Waals surface area contributed by atoms with Crippen LogP contribution in [-0.2, 0) is 16.1 Å². The van der Waals surface area contributed by atoms with E-state index in [1.54, 1.807) is 23.8 Å². The largest absolute Gasteiger partial charge is 0.332 e. The first-order valence-electron chi connectivity index (χ1n) is 8.24. The molecule has 1 aromatic carbocycles. The molecule has 2 fully saturated rings. The predicted octanol–water partition coefficient (Wildman–Crippen LogP) is 1.18. The van der Waals surface area contributed by atoms with Gasteiger partial charge in [-0.1, -0.05) is 23.8 Å². The van der Waals surface area contributed by atoms with E-state index in [1.807, 2.05) is 0 Å². The zero-order valence-electron chi connectivity index (χ0n) is 14.4. The first-order chi connectivity index (χ1) is 10.9. The number of carbonyl (C=O) groups excluding carboxylic acids is 2. The van der Waals surface area contributed by atoms with Crippen molar-refractivity contribution < 1.29 is 9.59 Å². The monoisotopic (exact) mass is 315 g/mol. The number of aryl methyl sites for hydroxylation is 2. The Morgan fingerprint density at radius 3 is 2.61 bits per heavy atom. The van der Waals surface area contributed by atoms with E-state index in [0.29, 0.717) is 13.1 Å². The van der Waals surface area contributed by atoms with Crippen molar-refractivity contribution in [2.75, 3.05) is 26.7 Å². The van der Waals surface area contributed by atoms with Gasteiger partial charge in [0.15, 0.2) is 0 Å². The first-order valence-corrected chi connectivity index (χ1v) is 8.24. The Hall–Kier alpha value is -1.88. The zero-order chi connectivity index (χ0) is 16.7. The van der Waals surface area contributed by atoms with Crippen LogP contribution in [0, 0.1) is 13.8 Å². The maximum absolute atomic E-state index is 12.5. The van der Waals surface area contributed by atoms with E-state index in [1.165, 1.54) is 16.7 Å². The molecule has 2 aliphatic heterocycles. The van der Waals surface area contributed by atoms with Crippen molar-refractivity contribution in [3.63, 3.8) is 0 Å². The van der Waals surface area contributed by atoms with Crippen LogP contribution in [0.1, 0.15) is 23.6 Å². The highest BCUT2D eigenvalue weighted by Crippen LogP contribution is 2.22. The average Bonchev–Trinajstić information content (AvgIpc) is 2.54. The highest BCUT2D eigenvalue weighted by atomic mass is 16.2. The van der Waals surface area contributed by atoms with Crippen molar-refractivity contribution in [3.05, 3.63) is 34.9 Å². The Morgan fingerprint density at radius 1 is 1.13 bits per heavy atom. The van der Waals surface area contributed by atoms with Gasteiger partial charge in [0.1, 0.15) is 12.1 Å². The Kier molecular flexibility index (Phi) is 4.15. The third kappa shape index (κ3) is 2.85. The number of nitrogens with zero attached hydrogens (tertiary/aromatic N) is 3. The lowest BCUT2D eigenvalue weighted by atomic mass is 10.0. The number of amides is 2. The van der Waals surface area contributed by atoms with Crippen LogP contribution in [0.15, 0.2) is 18.2 Å². The molecule has 124 valence electrons. The van der Waals surface area contributed by atoms with E-state index in [-0.39, 0.29) is 23.9 Å². The summed E-state index contributed by atoms with van der Waals surface area (Å²) in [4.78, 5) is 30.6. The fraction of sp³-hybridized carbons (Fsp3) is 0.556. The van der Waals surface area contributed by atoms with Crippen LogP contribution >= 0.6 is 0 Å². The van der Waals surface area contributed by atoms with Gasteiger partial charge in [-0.3, -0.25) is 14.5 Å². The topological polar surface area (TPSA) is 43.9 Å². The molecule has 0 spiro atoms. The Balaban J connectivity index is 1.75. The minimum Gasteiger partial charge on any atom is -0.332 e. The minimum absolute atomic E-state index is 0.0581. The van der Waals surface area contributed by atoms with Crippen molar-refractivity contribution in [1.29, 1.82) is 0 Å². The fourth-order valence-electron chi connectivity index (χ4n) is 3.50. The smallest absolute Gasteiger partial charge is 0.247 e. The Morgan fingerprint density at radius 2 is 1.87 bits per heavy atom. The van der Waals surface area contributed by atoms with E-state index < -0.39 is 0 Å². The van der Waals surface area contributed by atoms with Crippen molar-refractivity contribution in [2.24, 2.45) is 0 Å². The van der Waals surface area contributed by atoms with Crippen molar-refractivity contribution >= 4 is 11.8 Å². The van der Waals surface area contributed by atoms with Crippen molar-refractivity contribution in [2.45, 2.75) is 39.4 Å². The number of benzene rings is 1. The van der Waals surface area contributed by atoms with Gasteiger partial charge in [-0.05, 0) is 31.9 Å². The molecule has 0 saturated carbocycles. The summed E-state index contributed by atoms with van der Waals surface area (Å²) in [5, 5.41) is 0. The lowest BCUT2D eigenvalue weighted by Gasteiger charge is -2.47. The third-order valence-corrected chi connectivity index (χ3v) is 5.22. The highest BCUT2D eigenvalue weighted by molar-refractivity contribution is 5.96. The van der Waals surface area contributed by atoms with E-state index in [4.69, 9.17) is 0 Å². The SMILES string of the molecule is Cc1ccc(C)c(CN2CCN3C(=O)[C@H](C)N(C)C(=O)[C@H]3C2)c1. The lowest BCUT2D eigenvalue weighted by molar-refractivity contribution is -0.163. The minimum atomic E-state index is -0.343. The van der Waals surface area contributed by atoms with Gasteiger partial charge in [0.05, 0.1) is 0 Å². The van der Waals surface area contributed by atoms with Gasteiger partial charge in [-0.15, -0.1) is 0 Å². The second-order valence-corrected chi connectivity index (χ2v) is 6.84. The molecule has 0 bridgehead atoms. The number of fused-ring (bicyclic) bond motifs is 1. The number of carbonyl (C=O) groups is 2. The second kappa shape index (κ2) is 5.96. The molecule has 0 aliphatic carbocycles. The molecule has 0 N–H and O–H groups in total. The number of likely N-dealkylation sites (N-methyl/N-ethyl adjacent to an activating group) is 1. The Bertz CT molecular complexity index is 643. The molecule has 2 heterocycles. The number of piperazine rings is 2. The van der Waals surface area contributed by atoms with Gasteiger partial charge in [0, 0.05) is 33.2 Å². The summed E-state index contributed by atoms with van der Waals surface area (Å²) in [5.41, 5.74) is 3.83. The molecule has 23 heavy (non-hydrogen) atoms. The van der Waals surface area contributed by atoms with Gasteiger partial charge in [-0.2, -0.15) is 0 Å². The summed E-state index contributed by atoms with van der Waals surface area (Å²) in [6.45, 7) is 8.93. The average molecular weight is 315 g/mol. The quantitative estimate of drug-likeness (QED) is 0.823. The molecular formula is C18H25N3O2. The van der Waals surface area contributed by atoms with Gasteiger partial charge >= 0.3 is 0 Å². The molecule has 0 unspecified atom stereocenters. The summed E-state index contributed by atoms with van der Waals surface area (Å²) >= 11 is 0. The molecule has 2 atom stereocenters. The maximum atomic E-state index is 12.5. The normalized spacial score (nSPS) is 25.7. The standard InChI is InChI=1S/C18H25N3O2/c1-12-5-6-13(2)15(9-12)10-20-7-8-21-16(11-20)18(23)19(4)14(3)17(21)22/h5-6,9,14,16H,7-8,10-11H2,1-4H3/t14-,16+/m0/s1. The summed E-state index contributed by atoms with van der Waals surface area (Å²) < 4.78 is 0. The van der Waals surface area contributed by atoms with Gasteiger partial charge in [-0.25, -0.2) is 0 Å². The molecule has 5 heteroatoms. The highest BCUT2D eigenvalue weighted by Gasteiger charge is 2.44. The van der Waals surface area contributed by atoms with Crippen LogP contribution in [0.25, 0.3) is 0 Å². The lowest BCUT2D eigenvalue weighted by Crippen LogP contribution is -2.68. The van der Waals surface area contributed by atoms with Crippen molar-refractivity contribution in [3.8, 4) is 0 Å². The summed E-state index contributed by atoms with van der Waals surface area (Å²) in [5.74, 6) is 0.131. The third-order valence-electron chi connectivity index (χ3n) is 5.22. The van der Waals surface area contributed by atoms with E-state index in [0.717, 1.165) is 13.1 Å². The number of rotatable bonds is 2. The van der Waals surface area contributed by atoms with Crippen LogP contribution in [0.4, 0.5) is 0 Å². The second-order valence-electron chi connectivity index (χ2n) is 6.84. The van der Waals surface area contributed by atoms with E-state index in [2.05, 4.69) is 36.9 Å². The van der Waals surface area contributed by atoms with Crippen LogP contribution < -0.4 is 0 Å². The van der Waals surface area contributed by atoms with Crippen LogP contribution in [0.3, 0.4) is 0 Å². The predicted molar refractivity (Wildman–Crippen MR) is 88.9 cm³/mol. The van der Waals surface area contributed by atoms with Gasteiger partial charge in [0.2, 0.25) is 11.8 Å². The molecule has 0 radical (unpaired) electrons. The fourth-order valence-corrected chi connectivity index (χ4v) is 3.50. The summed E-state index contributed by atoms with van der Waals surface area (Å²) in [7, 11) is 1.73. The molecule has 3 rings (SSSR count). The summed E-state index contributed by atoms with van der Waals surface area (Å²) in [6, 6.07) is 5.80. The number of hydrogen-bond donors (Lipinski definition) is 0. The molecule has 2 aliphatic rings. The molecule has 0 aromatic heterocycles.